The minimum atomic E-state index is -0.465. The van der Waals surface area contributed by atoms with Crippen molar-refractivity contribution >= 4 is 39.4 Å². The summed E-state index contributed by atoms with van der Waals surface area (Å²) in [5, 5.41) is 8.25. The number of benzene rings is 1. The molecule has 9 heteroatoms. The van der Waals surface area contributed by atoms with Crippen LogP contribution in [0, 0.1) is 0 Å². The SMILES string of the molecule is O=C(Nc1ccc(Br)cc1)Nc1ncccc1C(=O)NCCCN1CCOCC1. The number of aromatic nitrogens is 1. The number of ether oxygens (including phenoxy) is 1. The fraction of sp³-hybridized carbons (Fsp3) is 0.350. The van der Waals surface area contributed by atoms with Crippen molar-refractivity contribution in [3.05, 3.63) is 52.6 Å². The number of morpholine rings is 1. The van der Waals surface area contributed by atoms with Crippen molar-refractivity contribution < 1.29 is 14.3 Å². The van der Waals surface area contributed by atoms with E-state index in [0.29, 0.717) is 17.8 Å². The summed E-state index contributed by atoms with van der Waals surface area (Å²) in [4.78, 5) is 31.2. The zero-order chi connectivity index (χ0) is 20.5. The summed E-state index contributed by atoms with van der Waals surface area (Å²) >= 11 is 3.35. The molecule has 1 saturated heterocycles. The van der Waals surface area contributed by atoms with Crippen LogP contribution in [0.3, 0.4) is 0 Å². The van der Waals surface area contributed by atoms with E-state index in [1.165, 1.54) is 6.20 Å². The van der Waals surface area contributed by atoms with Crippen LogP contribution in [0.15, 0.2) is 47.1 Å². The average molecular weight is 462 g/mol. The van der Waals surface area contributed by atoms with Crippen molar-refractivity contribution in [2.75, 3.05) is 50.0 Å². The molecule has 1 aliphatic heterocycles. The molecule has 0 spiro atoms. The van der Waals surface area contributed by atoms with Gasteiger partial charge in [-0.1, -0.05) is 15.9 Å². The van der Waals surface area contributed by atoms with Gasteiger partial charge in [0.15, 0.2) is 0 Å². The first-order chi connectivity index (χ1) is 14.1. The van der Waals surface area contributed by atoms with Crippen LogP contribution in [-0.4, -0.2) is 61.2 Å². The number of hydrogen-bond donors (Lipinski definition) is 3. The second kappa shape index (κ2) is 10.9. The van der Waals surface area contributed by atoms with Gasteiger partial charge in [-0.25, -0.2) is 9.78 Å². The molecule has 8 nitrogen and oxygen atoms in total. The fourth-order valence-electron chi connectivity index (χ4n) is 2.92. The summed E-state index contributed by atoms with van der Waals surface area (Å²) in [6, 6.07) is 10.0. The Hall–Kier alpha value is -2.49. The van der Waals surface area contributed by atoms with Crippen molar-refractivity contribution in [2.45, 2.75) is 6.42 Å². The van der Waals surface area contributed by atoms with Gasteiger partial charge in [0, 0.05) is 36.0 Å². The smallest absolute Gasteiger partial charge is 0.324 e. The highest BCUT2D eigenvalue weighted by Crippen LogP contribution is 2.15. The highest BCUT2D eigenvalue weighted by molar-refractivity contribution is 9.10. The van der Waals surface area contributed by atoms with Crippen LogP contribution < -0.4 is 16.0 Å². The number of hydrogen-bond acceptors (Lipinski definition) is 5. The molecule has 1 aromatic carbocycles. The van der Waals surface area contributed by atoms with Gasteiger partial charge in [0.1, 0.15) is 5.82 Å². The Morgan fingerprint density at radius 2 is 1.86 bits per heavy atom. The van der Waals surface area contributed by atoms with Gasteiger partial charge in [-0.2, -0.15) is 0 Å². The number of carbonyl (C=O) groups is 2. The minimum Gasteiger partial charge on any atom is -0.379 e. The van der Waals surface area contributed by atoms with Gasteiger partial charge in [0.25, 0.3) is 5.91 Å². The van der Waals surface area contributed by atoms with E-state index in [9.17, 15) is 9.59 Å². The molecule has 1 fully saturated rings. The van der Waals surface area contributed by atoms with Gasteiger partial charge in [0.05, 0.1) is 18.8 Å². The number of carbonyl (C=O) groups excluding carboxylic acids is 2. The van der Waals surface area contributed by atoms with Crippen LogP contribution in [0.4, 0.5) is 16.3 Å². The summed E-state index contributed by atoms with van der Waals surface area (Å²) in [5.74, 6) is -0.0492. The molecule has 1 aromatic heterocycles. The molecular weight excluding hydrogens is 438 g/mol. The van der Waals surface area contributed by atoms with E-state index in [1.807, 2.05) is 12.1 Å². The van der Waals surface area contributed by atoms with Gasteiger partial charge in [-0.05, 0) is 49.4 Å². The predicted molar refractivity (Wildman–Crippen MR) is 115 cm³/mol. The second-order valence-corrected chi connectivity index (χ2v) is 7.46. The van der Waals surface area contributed by atoms with E-state index in [4.69, 9.17) is 4.74 Å². The molecule has 1 aliphatic rings. The number of pyridine rings is 1. The summed E-state index contributed by atoms with van der Waals surface area (Å²) in [7, 11) is 0. The van der Waals surface area contributed by atoms with Crippen LogP contribution in [0.2, 0.25) is 0 Å². The van der Waals surface area contributed by atoms with Crippen LogP contribution >= 0.6 is 15.9 Å². The first kappa shape index (κ1) is 21.2. The number of rotatable bonds is 7. The molecule has 0 aliphatic carbocycles. The molecule has 3 rings (SSSR count). The average Bonchev–Trinajstić information content (AvgIpc) is 2.74. The highest BCUT2D eigenvalue weighted by Gasteiger charge is 2.15. The van der Waals surface area contributed by atoms with Crippen LogP contribution in [0.5, 0.6) is 0 Å². The van der Waals surface area contributed by atoms with Gasteiger partial charge in [0.2, 0.25) is 0 Å². The first-order valence-electron chi connectivity index (χ1n) is 9.49. The van der Waals surface area contributed by atoms with Crippen molar-refractivity contribution in [1.82, 2.24) is 15.2 Å². The van der Waals surface area contributed by atoms with Gasteiger partial charge >= 0.3 is 6.03 Å². The standard InChI is InChI=1S/C20H24BrN5O3/c21-15-4-6-16(7-5-15)24-20(28)25-18-17(3-1-8-22-18)19(27)23-9-2-10-26-11-13-29-14-12-26/h1,3-8H,2,9-14H2,(H,23,27)(H2,22,24,25,28). The molecule has 0 unspecified atom stereocenters. The molecular formula is C20H24BrN5O3. The summed E-state index contributed by atoms with van der Waals surface area (Å²) in [6.07, 6.45) is 2.38. The van der Waals surface area contributed by atoms with Crippen LogP contribution in [-0.2, 0) is 4.74 Å². The molecule has 3 amide bonds. The Labute approximate surface area is 178 Å². The lowest BCUT2D eigenvalue weighted by Crippen LogP contribution is -2.38. The topological polar surface area (TPSA) is 95.6 Å². The quantitative estimate of drug-likeness (QED) is 0.550. The number of halogens is 1. The molecule has 2 heterocycles. The lowest BCUT2D eigenvalue weighted by atomic mass is 10.2. The van der Waals surface area contributed by atoms with Gasteiger partial charge in [-0.3, -0.25) is 15.0 Å². The highest BCUT2D eigenvalue weighted by atomic mass is 79.9. The van der Waals surface area contributed by atoms with E-state index < -0.39 is 6.03 Å². The third kappa shape index (κ3) is 6.81. The Balaban J connectivity index is 1.50. The van der Waals surface area contributed by atoms with E-state index in [-0.39, 0.29) is 11.7 Å². The molecule has 154 valence electrons. The summed E-state index contributed by atoms with van der Waals surface area (Å²) < 4.78 is 6.25. The Kier molecular flexibility index (Phi) is 7.97. The number of urea groups is 1. The van der Waals surface area contributed by atoms with E-state index in [0.717, 1.165) is 43.7 Å². The normalized spacial score (nSPS) is 14.2. The third-order valence-corrected chi connectivity index (χ3v) is 4.96. The summed E-state index contributed by atoms with van der Waals surface area (Å²) in [5.41, 5.74) is 0.959. The van der Waals surface area contributed by atoms with E-state index in [1.54, 1.807) is 24.3 Å². The molecule has 3 N–H and O–H groups in total. The minimum absolute atomic E-state index is 0.216. The predicted octanol–water partition coefficient (Wildman–Crippen LogP) is 2.94. The Morgan fingerprint density at radius 1 is 1.10 bits per heavy atom. The largest absolute Gasteiger partial charge is 0.379 e. The zero-order valence-corrected chi connectivity index (χ0v) is 17.6. The maximum atomic E-state index is 12.5. The zero-order valence-electron chi connectivity index (χ0n) is 16.0. The maximum Gasteiger partial charge on any atom is 0.324 e. The number of anilines is 2. The van der Waals surface area contributed by atoms with E-state index in [2.05, 4.69) is 41.8 Å². The lowest BCUT2D eigenvalue weighted by molar-refractivity contribution is 0.0374. The van der Waals surface area contributed by atoms with Gasteiger partial charge < -0.3 is 15.4 Å². The fourth-order valence-corrected chi connectivity index (χ4v) is 3.18. The first-order valence-corrected chi connectivity index (χ1v) is 10.3. The number of nitrogens with one attached hydrogen (secondary N) is 3. The second-order valence-electron chi connectivity index (χ2n) is 6.55. The molecule has 0 saturated carbocycles. The maximum absolute atomic E-state index is 12.5. The van der Waals surface area contributed by atoms with Crippen LogP contribution in [0.25, 0.3) is 0 Å². The number of nitrogens with zero attached hydrogens (tertiary/aromatic N) is 2. The molecule has 29 heavy (non-hydrogen) atoms. The number of amides is 3. The molecule has 0 atom stereocenters. The van der Waals surface area contributed by atoms with Crippen molar-refractivity contribution in [2.24, 2.45) is 0 Å². The third-order valence-electron chi connectivity index (χ3n) is 4.43. The monoisotopic (exact) mass is 461 g/mol. The lowest BCUT2D eigenvalue weighted by Gasteiger charge is -2.26. The van der Waals surface area contributed by atoms with Gasteiger partial charge in [-0.15, -0.1) is 0 Å². The van der Waals surface area contributed by atoms with E-state index >= 15 is 0 Å². The van der Waals surface area contributed by atoms with Crippen LogP contribution in [0.1, 0.15) is 16.8 Å². The van der Waals surface area contributed by atoms with Crippen molar-refractivity contribution in [3.8, 4) is 0 Å². The molecule has 0 bridgehead atoms. The molecule has 0 radical (unpaired) electrons. The Bertz CT molecular complexity index is 825. The van der Waals surface area contributed by atoms with Crippen molar-refractivity contribution in [3.63, 3.8) is 0 Å². The Morgan fingerprint density at radius 3 is 2.62 bits per heavy atom. The van der Waals surface area contributed by atoms with Crippen molar-refractivity contribution in [1.29, 1.82) is 0 Å². The molecule has 2 aromatic rings. The summed E-state index contributed by atoms with van der Waals surface area (Å²) in [6.45, 7) is 4.85.